The van der Waals surface area contributed by atoms with Crippen LogP contribution in [0, 0.1) is 11.3 Å². The molecule has 0 unspecified atom stereocenters. The second-order valence-corrected chi connectivity index (χ2v) is 7.72. The van der Waals surface area contributed by atoms with Gasteiger partial charge in [-0.3, -0.25) is 0 Å². The maximum atomic E-state index is 6.64. The quantitative estimate of drug-likeness (QED) is 0.752. The summed E-state index contributed by atoms with van der Waals surface area (Å²) in [6.07, 6.45) is 5.66. The maximum Gasteiger partial charge on any atom is 0.0595 e. The zero-order valence-corrected chi connectivity index (χ0v) is 14.2. The highest BCUT2D eigenvalue weighted by atomic mass is 35.5. The van der Waals surface area contributed by atoms with E-state index in [1.54, 1.807) is 0 Å². The minimum Gasteiger partial charge on any atom is -0.321 e. The lowest BCUT2D eigenvalue weighted by molar-refractivity contribution is 0.115. The van der Waals surface area contributed by atoms with Crippen molar-refractivity contribution in [1.82, 2.24) is 0 Å². The van der Waals surface area contributed by atoms with Crippen LogP contribution >= 0.6 is 23.2 Å². The Morgan fingerprint density at radius 1 is 1.20 bits per heavy atom. The maximum absolute atomic E-state index is 6.64. The summed E-state index contributed by atoms with van der Waals surface area (Å²) in [5.41, 5.74) is 7.94. The number of nitrogens with two attached hydrogens (primary N) is 1. The summed E-state index contributed by atoms with van der Waals surface area (Å²) in [4.78, 5) is 0. The molecule has 0 spiro atoms. The standard InChI is InChI=1S/C17H25Cl2N/c1-4-16(2,3)12-7-9-17(20,10-8-12)13-5-6-14(18)15(19)11-13/h5-6,11-12H,4,7-10,20H2,1-3H3. The molecule has 20 heavy (non-hydrogen) atoms. The topological polar surface area (TPSA) is 26.0 Å². The lowest BCUT2D eigenvalue weighted by Crippen LogP contribution is -2.42. The van der Waals surface area contributed by atoms with Gasteiger partial charge in [0.2, 0.25) is 0 Å². The number of halogens is 2. The number of benzene rings is 1. The highest BCUT2D eigenvalue weighted by Gasteiger charge is 2.38. The Kier molecular flexibility index (Phi) is 4.73. The minimum atomic E-state index is -0.242. The summed E-state index contributed by atoms with van der Waals surface area (Å²) < 4.78 is 0. The molecule has 0 aliphatic heterocycles. The summed E-state index contributed by atoms with van der Waals surface area (Å²) in [6, 6.07) is 5.82. The largest absolute Gasteiger partial charge is 0.321 e. The second kappa shape index (κ2) is 5.87. The van der Waals surface area contributed by atoms with Crippen molar-refractivity contribution in [2.24, 2.45) is 17.1 Å². The van der Waals surface area contributed by atoms with Gasteiger partial charge in [0.1, 0.15) is 0 Å². The molecule has 0 atom stereocenters. The number of rotatable bonds is 3. The van der Waals surface area contributed by atoms with Crippen molar-refractivity contribution < 1.29 is 0 Å². The molecule has 1 aromatic carbocycles. The van der Waals surface area contributed by atoms with Crippen molar-refractivity contribution in [1.29, 1.82) is 0 Å². The monoisotopic (exact) mass is 313 g/mol. The minimum absolute atomic E-state index is 0.242. The van der Waals surface area contributed by atoms with E-state index in [-0.39, 0.29) is 5.54 Å². The molecule has 1 aliphatic rings. The molecule has 0 saturated heterocycles. The highest BCUT2D eigenvalue weighted by Crippen LogP contribution is 2.46. The van der Waals surface area contributed by atoms with Gasteiger partial charge in [0.05, 0.1) is 10.0 Å². The summed E-state index contributed by atoms with van der Waals surface area (Å²) in [7, 11) is 0. The summed E-state index contributed by atoms with van der Waals surface area (Å²) in [5.74, 6) is 0.770. The summed E-state index contributed by atoms with van der Waals surface area (Å²) in [6.45, 7) is 7.03. The van der Waals surface area contributed by atoms with Crippen molar-refractivity contribution in [3.8, 4) is 0 Å². The molecule has 112 valence electrons. The first-order valence-corrected chi connectivity index (χ1v) is 8.28. The van der Waals surface area contributed by atoms with Crippen LogP contribution in [0.4, 0.5) is 0 Å². The van der Waals surface area contributed by atoms with Gasteiger partial charge >= 0.3 is 0 Å². The average Bonchev–Trinajstić information content (AvgIpc) is 2.42. The van der Waals surface area contributed by atoms with E-state index in [9.17, 15) is 0 Å². The van der Waals surface area contributed by atoms with Crippen LogP contribution in [0.2, 0.25) is 10.0 Å². The van der Waals surface area contributed by atoms with Gasteiger partial charge in [0.15, 0.2) is 0 Å². The molecule has 2 N–H and O–H groups in total. The van der Waals surface area contributed by atoms with Gasteiger partial charge in [0.25, 0.3) is 0 Å². The van der Waals surface area contributed by atoms with Gasteiger partial charge < -0.3 is 5.73 Å². The summed E-state index contributed by atoms with van der Waals surface area (Å²) >= 11 is 12.1. The van der Waals surface area contributed by atoms with E-state index >= 15 is 0 Å². The third-order valence-corrected chi connectivity index (χ3v) is 6.13. The second-order valence-electron chi connectivity index (χ2n) is 6.90. The Bertz CT molecular complexity index is 474. The van der Waals surface area contributed by atoms with Crippen LogP contribution in [0.3, 0.4) is 0 Å². The van der Waals surface area contributed by atoms with Crippen LogP contribution in [-0.4, -0.2) is 0 Å². The van der Waals surface area contributed by atoms with Crippen LogP contribution in [-0.2, 0) is 5.54 Å². The molecular formula is C17H25Cl2N. The highest BCUT2D eigenvalue weighted by molar-refractivity contribution is 6.42. The van der Waals surface area contributed by atoms with E-state index in [0.717, 1.165) is 24.3 Å². The fourth-order valence-electron chi connectivity index (χ4n) is 3.30. The molecule has 0 amide bonds. The first-order valence-electron chi connectivity index (χ1n) is 7.53. The van der Waals surface area contributed by atoms with E-state index in [1.165, 1.54) is 19.3 Å². The molecule has 1 aliphatic carbocycles. The number of hydrogen-bond donors (Lipinski definition) is 1. The van der Waals surface area contributed by atoms with Crippen LogP contribution < -0.4 is 5.73 Å². The van der Waals surface area contributed by atoms with Crippen molar-refractivity contribution in [2.45, 2.75) is 58.4 Å². The molecule has 0 radical (unpaired) electrons. The zero-order valence-electron chi connectivity index (χ0n) is 12.7. The van der Waals surface area contributed by atoms with Crippen LogP contribution in [0.25, 0.3) is 0 Å². The Morgan fingerprint density at radius 2 is 1.80 bits per heavy atom. The lowest BCUT2D eigenvalue weighted by atomic mass is 9.64. The van der Waals surface area contributed by atoms with Crippen molar-refractivity contribution in [3.05, 3.63) is 33.8 Å². The van der Waals surface area contributed by atoms with E-state index in [0.29, 0.717) is 15.5 Å². The first-order chi connectivity index (χ1) is 9.28. The van der Waals surface area contributed by atoms with Crippen LogP contribution in [0.1, 0.15) is 58.4 Å². The fraction of sp³-hybridized carbons (Fsp3) is 0.647. The first kappa shape index (κ1) is 16.1. The fourth-order valence-corrected chi connectivity index (χ4v) is 3.60. The van der Waals surface area contributed by atoms with Gasteiger partial charge in [-0.1, -0.05) is 56.5 Å². The van der Waals surface area contributed by atoms with Crippen LogP contribution in [0.15, 0.2) is 18.2 Å². The molecule has 1 aromatic rings. The smallest absolute Gasteiger partial charge is 0.0595 e. The molecule has 1 nitrogen and oxygen atoms in total. The zero-order chi connectivity index (χ0) is 15.0. The molecule has 0 bridgehead atoms. The Labute approximate surface area is 132 Å². The predicted molar refractivity (Wildman–Crippen MR) is 88.4 cm³/mol. The van der Waals surface area contributed by atoms with E-state index in [2.05, 4.69) is 20.8 Å². The van der Waals surface area contributed by atoms with E-state index in [4.69, 9.17) is 28.9 Å². The molecule has 0 aromatic heterocycles. The van der Waals surface area contributed by atoms with Gasteiger partial charge in [-0.2, -0.15) is 0 Å². The molecular weight excluding hydrogens is 289 g/mol. The van der Waals surface area contributed by atoms with E-state index < -0.39 is 0 Å². The molecule has 1 fully saturated rings. The van der Waals surface area contributed by atoms with Crippen molar-refractivity contribution in [3.63, 3.8) is 0 Å². The Morgan fingerprint density at radius 3 is 2.30 bits per heavy atom. The van der Waals surface area contributed by atoms with Crippen molar-refractivity contribution in [2.75, 3.05) is 0 Å². The Balaban J connectivity index is 2.13. The van der Waals surface area contributed by atoms with Crippen LogP contribution in [0.5, 0.6) is 0 Å². The third kappa shape index (κ3) is 3.16. The van der Waals surface area contributed by atoms with Crippen molar-refractivity contribution >= 4 is 23.2 Å². The average molecular weight is 314 g/mol. The molecule has 0 heterocycles. The Hall–Kier alpha value is -0.240. The van der Waals surface area contributed by atoms with Gasteiger partial charge in [-0.05, 0) is 54.7 Å². The number of hydrogen-bond acceptors (Lipinski definition) is 1. The normalized spacial score (nSPS) is 27.6. The van der Waals surface area contributed by atoms with E-state index in [1.807, 2.05) is 18.2 Å². The van der Waals surface area contributed by atoms with Gasteiger partial charge in [-0.15, -0.1) is 0 Å². The lowest BCUT2D eigenvalue weighted by Gasteiger charge is -2.43. The molecule has 1 saturated carbocycles. The van der Waals surface area contributed by atoms with Gasteiger partial charge in [-0.25, -0.2) is 0 Å². The third-order valence-electron chi connectivity index (χ3n) is 5.39. The molecule has 3 heteroatoms. The molecule has 2 rings (SSSR count). The van der Waals surface area contributed by atoms with Gasteiger partial charge in [0, 0.05) is 5.54 Å². The predicted octanol–water partition coefficient (Wildman–Crippen LogP) is 5.77. The summed E-state index contributed by atoms with van der Waals surface area (Å²) in [5, 5.41) is 1.20. The SMILES string of the molecule is CCC(C)(C)C1CCC(N)(c2ccc(Cl)c(Cl)c2)CC1.